The molecule has 5 aliphatic rings. The highest BCUT2D eigenvalue weighted by atomic mass is 32.2. The smallest absolute Gasteiger partial charge is 0.407 e. The summed E-state index contributed by atoms with van der Waals surface area (Å²) in [5.41, 5.74) is -6.05. The summed E-state index contributed by atoms with van der Waals surface area (Å²) in [5, 5.41) is 21.1. The Balaban J connectivity index is 0.967. The monoisotopic (exact) mass is 1170 g/mol. The minimum absolute atomic E-state index is 0.0132. The lowest BCUT2D eigenvalue weighted by Crippen LogP contribution is -2.70. The van der Waals surface area contributed by atoms with Gasteiger partial charge >= 0.3 is 18.0 Å². The number of fused-ring (bicyclic) bond motifs is 8. The first-order valence-electron chi connectivity index (χ1n) is 28.0. The first-order valence-corrected chi connectivity index (χ1v) is 29.0. The molecule has 5 N–H and O–H groups in total. The zero-order chi connectivity index (χ0) is 60.6. The second-order valence-corrected chi connectivity index (χ2v) is 25.1. The number of amides is 4. The fourth-order valence-corrected chi connectivity index (χ4v) is 14.1. The summed E-state index contributed by atoms with van der Waals surface area (Å²) in [6, 6.07) is 13.1. The number of halogens is 4. The maximum absolute atomic E-state index is 17.9. The number of nitrogens with one attached hydrogen (secondary N) is 4. The molecule has 446 valence electrons. The Bertz CT molecular complexity index is 3090. The van der Waals surface area contributed by atoms with E-state index in [0.717, 1.165) is 52.6 Å². The number of ketones is 1. The van der Waals surface area contributed by atoms with Crippen LogP contribution in [0.4, 0.5) is 28.0 Å². The summed E-state index contributed by atoms with van der Waals surface area (Å²) in [5.74, 6) is -8.63. The third-order valence-corrected chi connectivity index (χ3v) is 18.0. The molecule has 0 saturated heterocycles. The van der Waals surface area contributed by atoms with Crippen LogP contribution in [0.5, 0.6) is 0 Å². The first-order chi connectivity index (χ1) is 39.1. The van der Waals surface area contributed by atoms with E-state index in [0.29, 0.717) is 0 Å². The van der Waals surface area contributed by atoms with Crippen molar-refractivity contribution in [3.63, 3.8) is 0 Å². The summed E-state index contributed by atoms with van der Waals surface area (Å²) in [7, 11) is 0. The largest absolute Gasteiger partial charge is 0.460 e. The zero-order valence-electron chi connectivity index (χ0n) is 47.7. The van der Waals surface area contributed by atoms with E-state index in [-0.39, 0.29) is 74.3 Å². The predicted molar refractivity (Wildman–Crippen MR) is 301 cm³/mol. The van der Waals surface area contributed by atoms with Gasteiger partial charge < -0.3 is 40.6 Å². The van der Waals surface area contributed by atoms with E-state index in [4.69, 9.17) is 14.2 Å². The van der Waals surface area contributed by atoms with Crippen molar-refractivity contribution in [2.75, 3.05) is 17.9 Å². The highest BCUT2D eigenvalue weighted by Gasteiger charge is 2.76. The lowest BCUT2D eigenvalue weighted by molar-refractivity contribution is -0.219. The third kappa shape index (κ3) is 12.2. The predicted octanol–water partition coefficient (Wildman–Crippen LogP) is 9.62. The topological polar surface area (TPSA) is 233 Å². The van der Waals surface area contributed by atoms with Crippen molar-refractivity contribution < 1.29 is 75.2 Å². The van der Waals surface area contributed by atoms with Crippen molar-refractivity contribution in [3.05, 3.63) is 113 Å². The molecule has 21 heteroatoms. The van der Waals surface area contributed by atoms with Crippen molar-refractivity contribution >= 4 is 64.1 Å². The molecule has 0 bridgehead atoms. The minimum atomic E-state index is -2.54. The van der Waals surface area contributed by atoms with Crippen LogP contribution in [0.1, 0.15) is 134 Å². The Kier molecular flexibility index (Phi) is 18.3. The van der Waals surface area contributed by atoms with E-state index in [1.54, 1.807) is 20.8 Å². The number of aliphatic hydroxyl groups excluding tert-OH is 1. The van der Waals surface area contributed by atoms with E-state index < -0.39 is 153 Å². The number of aliphatic hydroxyl groups is 1. The van der Waals surface area contributed by atoms with Gasteiger partial charge in [-0.1, -0.05) is 75.4 Å². The first kappa shape index (κ1) is 62.2. The van der Waals surface area contributed by atoms with E-state index in [2.05, 4.69) is 21.3 Å². The molecule has 16 nitrogen and oxygen atoms in total. The SMILES string of the molecule is CC(C)C[C@@H](NC(=O)OCC1c2ccccc2-c2ccccc21)C(=O)N[C@@H](C)C(=O)N[C@@H](CCCC(=O)OC(C)(C)C)C(=O)Nc1cc(C(=O)O[C@]2(C(=O)SCF)CC[C@H]3[C@@H]4C[C@H](F)C5=CC(=O)C=C[C@]5(C)[C@@]4(F)[C@@H](O)C[C@@]32C)ccc1F. The molecule has 3 aromatic carbocycles. The number of rotatable bonds is 19. The van der Waals surface area contributed by atoms with Gasteiger partial charge in [0.25, 0.3) is 0 Å². The van der Waals surface area contributed by atoms with Gasteiger partial charge in [0.2, 0.25) is 22.8 Å². The van der Waals surface area contributed by atoms with Gasteiger partial charge in [0.1, 0.15) is 48.3 Å². The lowest BCUT2D eigenvalue weighted by atomic mass is 9.44. The molecule has 83 heavy (non-hydrogen) atoms. The van der Waals surface area contributed by atoms with Crippen molar-refractivity contribution in [1.29, 1.82) is 0 Å². The van der Waals surface area contributed by atoms with Gasteiger partial charge in [0.05, 0.1) is 17.4 Å². The Labute approximate surface area is 484 Å². The fourth-order valence-electron chi connectivity index (χ4n) is 13.4. The molecule has 3 fully saturated rings. The van der Waals surface area contributed by atoms with Gasteiger partial charge in [-0.25, -0.2) is 27.2 Å². The van der Waals surface area contributed by atoms with Crippen LogP contribution in [0.2, 0.25) is 0 Å². The van der Waals surface area contributed by atoms with Gasteiger partial charge in [0, 0.05) is 29.1 Å². The number of anilines is 1. The maximum atomic E-state index is 17.9. The summed E-state index contributed by atoms with van der Waals surface area (Å²) in [4.78, 5) is 109. The number of thioether (sulfide) groups is 1. The molecule has 0 aromatic heterocycles. The van der Waals surface area contributed by atoms with Crippen molar-refractivity contribution in [1.82, 2.24) is 16.0 Å². The highest BCUT2D eigenvalue weighted by molar-refractivity contribution is 8.13. The maximum Gasteiger partial charge on any atom is 0.407 e. The summed E-state index contributed by atoms with van der Waals surface area (Å²) in [6.07, 6.45) is -2.71. The third-order valence-electron chi connectivity index (χ3n) is 17.3. The van der Waals surface area contributed by atoms with Crippen LogP contribution in [0.25, 0.3) is 11.1 Å². The Morgan fingerprint density at radius 3 is 2.17 bits per heavy atom. The number of esters is 2. The molecule has 0 radical (unpaired) electrons. The van der Waals surface area contributed by atoms with Gasteiger partial charge in [-0.3, -0.25) is 28.8 Å². The number of allylic oxidation sites excluding steroid dienone is 4. The molecule has 3 saturated carbocycles. The van der Waals surface area contributed by atoms with Crippen molar-refractivity contribution in [2.45, 2.75) is 160 Å². The van der Waals surface area contributed by atoms with Gasteiger partial charge in [-0.05, 0) is 161 Å². The number of hydrogen-bond acceptors (Lipinski definition) is 13. The van der Waals surface area contributed by atoms with E-state index in [1.807, 2.05) is 62.4 Å². The molecule has 0 heterocycles. The van der Waals surface area contributed by atoms with E-state index in [1.165, 1.54) is 26.8 Å². The molecular weight excluding hydrogens is 1100 g/mol. The lowest BCUT2D eigenvalue weighted by Gasteiger charge is -2.63. The quantitative estimate of drug-likeness (QED) is 0.0428. The number of benzene rings is 3. The fraction of sp³-hybridized carbons (Fsp3) is 0.516. The zero-order valence-corrected chi connectivity index (χ0v) is 48.5. The van der Waals surface area contributed by atoms with Crippen LogP contribution in [0, 0.1) is 34.4 Å². The Morgan fingerprint density at radius 2 is 1.53 bits per heavy atom. The number of alkyl carbamates (subject to hydrolysis) is 1. The minimum Gasteiger partial charge on any atom is -0.460 e. The number of carbonyl (C=O) groups excluding carboxylic acids is 8. The van der Waals surface area contributed by atoms with Crippen LogP contribution >= 0.6 is 11.8 Å². The number of carbonyl (C=O) groups is 8. The van der Waals surface area contributed by atoms with Gasteiger partial charge in [-0.15, -0.1) is 0 Å². The molecular formula is C62H72F4N4O12S. The average Bonchev–Trinajstić information content (AvgIpc) is 4.14. The van der Waals surface area contributed by atoms with Crippen LogP contribution < -0.4 is 21.3 Å². The number of ether oxygens (including phenoxy) is 3. The average molecular weight is 1170 g/mol. The Hall–Kier alpha value is -6.87. The second kappa shape index (κ2) is 24.4. The summed E-state index contributed by atoms with van der Waals surface area (Å²) in [6.45, 7) is 12.9. The van der Waals surface area contributed by atoms with Crippen molar-refractivity contribution in [2.24, 2.45) is 28.6 Å². The molecule has 5 aliphatic carbocycles. The highest BCUT2D eigenvalue weighted by Crippen LogP contribution is 2.71. The number of alkyl halides is 3. The molecule has 0 spiro atoms. The summed E-state index contributed by atoms with van der Waals surface area (Å²) < 4.78 is 81.3. The second-order valence-electron chi connectivity index (χ2n) is 24.3. The van der Waals surface area contributed by atoms with Crippen LogP contribution in [0.15, 0.2) is 90.5 Å². The summed E-state index contributed by atoms with van der Waals surface area (Å²) >= 11 is 0.197. The van der Waals surface area contributed by atoms with E-state index in [9.17, 15) is 47.9 Å². The standard InChI is InChI=1S/C62H72F4N4O12S/c1-33(2)26-49(70-57(79)80-31-41-39-16-11-9-14-37(39)38-15-10-12-17-40(38)41)54(76)67-34(3)52(74)68-47(18-13-19-51(73)81-58(4,5)6)53(75)69-48-27-35(20-21-45(48)64)55(77)82-61(56(78)83-32-63)25-23-42-43-29-46(65)44-28-36(71)22-24-59(44,7)62(43,66)50(72)30-60(42,61)8/h9-12,14-17,20-22,24,27-28,33-34,41-43,46-47,49-50,72H,13,18-19,23,25-26,29-32H2,1-8H3,(H,67,76)(H,68,74)(H,69,75)(H,70,79)/t34-,42-,43-,46-,47-,49+,50-,59-,60-,61-,62-/m0/s1. The van der Waals surface area contributed by atoms with Crippen LogP contribution in [-0.4, -0.2) is 112 Å². The Morgan fingerprint density at radius 1 is 0.867 bits per heavy atom. The van der Waals surface area contributed by atoms with Crippen molar-refractivity contribution in [3.8, 4) is 11.1 Å². The molecule has 0 unspecified atom stereocenters. The normalized spacial score (nSPS) is 27.0. The van der Waals surface area contributed by atoms with Crippen LogP contribution in [0.3, 0.4) is 0 Å². The van der Waals surface area contributed by atoms with Gasteiger partial charge in [-0.2, -0.15) is 0 Å². The molecule has 4 amide bonds. The molecule has 11 atom stereocenters. The van der Waals surface area contributed by atoms with Crippen LogP contribution in [-0.2, 0) is 43.0 Å². The molecule has 0 aliphatic heterocycles. The molecule has 3 aromatic rings. The van der Waals surface area contributed by atoms with Gasteiger partial charge in [0.15, 0.2) is 17.1 Å². The van der Waals surface area contributed by atoms with E-state index >= 15 is 13.2 Å². The molecule has 8 rings (SSSR count). The number of hydrogen-bond donors (Lipinski definition) is 5.